The van der Waals surface area contributed by atoms with E-state index in [0.29, 0.717) is 0 Å². The summed E-state index contributed by atoms with van der Waals surface area (Å²) in [6.07, 6.45) is 0. The molecule has 0 fully saturated rings. The molecule has 0 aliphatic heterocycles. The van der Waals surface area contributed by atoms with Gasteiger partial charge in [0.05, 0.1) is 0 Å². The van der Waals surface area contributed by atoms with Gasteiger partial charge in [0.25, 0.3) is 0 Å². The SMILES string of the molecule is CC1(C)c2ccccc2-c2ccc(-c3c4ccccc4c(-c4ccc5c(c4)C(C)(C)c4ccccc4-5)c4cc(-c5ccc6c(c5)-c5cc7ccccc7cc5C6(C)C)ccc34)cc21. The van der Waals surface area contributed by atoms with Gasteiger partial charge in [-0.05, 0) is 169 Å². The van der Waals surface area contributed by atoms with Crippen molar-refractivity contribution in [2.75, 3.05) is 0 Å². The number of benzene rings is 10. The molecule has 0 bridgehead atoms. The van der Waals surface area contributed by atoms with Crippen molar-refractivity contribution in [1.82, 2.24) is 0 Å². The van der Waals surface area contributed by atoms with E-state index in [9.17, 15) is 0 Å². The molecule has 0 atom stereocenters. The fourth-order valence-electron chi connectivity index (χ4n) is 12.3. The third-order valence-corrected chi connectivity index (χ3v) is 15.6. The van der Waals surface area contributed by atoms with Crippen LogP contribution in [0.3, 0.4) is 0 Å². The van der Waals surface area contributed by atoms with Crippen molar-refractivity contribution in [2.24, 2.45) is 0 Å². The Kier molecular flexibility index (Phi) is 7.29. The summed E-state index contributed by atoms with van der Waals surface area (Å²) in [5.41, 5.74) is 23.9. The third kappa shape index (κ3) is 4.93. The predicted molar refractivity (Wildman–Crippen MR) is 268 cm³/mol. The maximum absolute atomic E-state index is 2.51. The lowest BCUT2D eigenvalue weighted by Crippen LogP contribution is -2.15. The second-order valence-corrected chi connectivity index (χ2v) is 20.0. The van der Waals surface area contributed by atoms with Crippen molar-refractivity contribution in [1.29, 1.82) is 0 Å². The summed E-state index contributed by atoms with van der Waals surface area (Å²) in [6.45, 7) is 14.3. The number of rotatable bonds is 3. The number of hydrogen-bond donors (Lipinski definition) is 0. The van der Waals surface area contributed by atoms with Crippen LogP contribution in [-0.4, -0.2) is 0 Å². The van der Waals surface area contributed by atoms with E-state index in [-0.39, 0.29) is 16.2 Å². The summed E-state index contributed by atoms with van der Waals surface area (Å²) in [4.78, 5) is 0. The Morgan fingerprint density at radius 1 is 0.238 bits per heavy atom. The van der Waals surface area contributed by atoms with Gasteiger partial charge in [0.15, 0.2) is 0 Å². The molecule has 0 saturated heterocycles. The summed E-state index contributed by atoms with van der Waals surface area (Å²) >= 11 is 0. The van der Waals surface area contributed by atoms with Gasteiger partial charge in [-0.2, -0.15) is 0 Å². The van der Waals surface area contributed by atoms with Gasteiger partial charge in [0.1, 0.15) is 0 Å². The van der Waals surface area contributed by atoms with Crippen LogP contribution >= 0.6 is 0 Å². The summed E-state index contributed by atoms with van der Waals surface area (Å²) in [5.74, 6) is 0. The zero-order chi connectivity index (χ0) is 42.6. The Bertz CT molecular complexity index is 3640. The predicted octanol–water partition coefficient (Wildman–Crippen LogP) is 17.1. The molecule has 300 valence electrons. The second kappa shape index (κ2) is 12.6. The molecule has 13 rings (SSSR count). The first kappa shape index (κ1) is 36.6. The zero-order valence-corrected chi connectivity index (χ0v) is 36.8. The molecule has 0 heterocycles. The molecule has 0 unspecified atom stereocenters. The van der Waals surface area contributed by atoms with Gasteiger partial charge in [0, 0.05) is 16.2 Å². The van der Waals surface area contributed by atoms with Crippen LogP contribution in [0.1, 0.15) is 74.9 Å². The molecule has 63 heavy (non-hydrogen) atoms. The van der Waals surface area contributed by atoms with Crippen molar-refractivity contribution >= 4 is 32.3 Å². The lowest BCUT2D eigenvalue weighted by Gasteiger charge is -2.24. The molecule has 0 spiro atoms. The monoisotopic (exact) mass is 804 g/mol. The van der Waals surface area contributed by atoms with Crippen LogP contribution < -0.4 is 0 Å². The van der Waals surface area contributed by atoms with Crippen molar-refractivity contribution < 1.29 is 0 Å². The van der Waals surface area contributed by atoms with Gasteiger partial charge in [-0.3, -0.25) is 0 Å². The molecule has 0 N–H and O–H groups in total. The molecular formula is C63H48. The van der Waals surface area contributed by atoms with Crippen LogP contribution in [-0.2, 0) is 16.2 Å². The first-order chi connectivity index (χ1) is 30.5. The number of hydrogen-bond acceptors (Lipinski definition) is 0. The fraction of sp³-hybridized carbons (Fsp3) is 0.143. The number of fused-ring (bicyclic) bond motifs is 12. The minimum Gasteiger partial charge on any atom is -0.0619 e. The Morgan fingerprint density at radius 2 is 0.635 bits per heavy atom. The molecule has 3 aliphatic carbocycles. The third-order valence-electron chi connectivity index (χ3n) is 15.6. The molecule has 0 saturated carbocycles. The highest BCUT2D eigenvalue weighted by Gasteiger charge is 2.38. The molecule has 0 nitrogen and oxygen atoms in total. The second-order valence-electron chi connectivity index (χ2n) is 20.0. The highest BCUT2D eigenvalue weighted by molar-refractivity contribution is 6.22. The lowest BCUT2D eigenvalue weighted by atomic mass is 9.79. The normalized spacial score (nSPS) is 15.5. The summed E-state index contributed by atoms with van der Waals surface area (Å²) in [6, 6.07) is 69.8. The topological polar surface area (TPSA) is 0 Å². The molecular weight excluding hydrogens is 757 g/mol. The van der Waals surface area contributed by atoms with Crippen molar-refractivity contribution in [2.45, 2.75) is 57.8 Å². The quantitative estimate of drug-likeness (QED) is 0.156. The largest absolute Gasteiger partial charge is 0.0619 e. The van der Waals surface area contributed by atoms with E-state index in [1.807, 2.05) is 0 Å². The molecule has 0 radical (unpaired) electrons. The van der Waals surface area contributed by atoms with Gasteiger partial charge >= 0.3 is 0 Å². The first-order valence-corrected chi connectivity index (χ1v) is 22.7. The molecule has 0 heteroatoms. The van der Waals surface area contributed by atoms with Crippen molar-refractivity contribution in [3.8, 4) is 66.8 Å². The van der Waals surface area contributed by atoms with E-state index < -0.39 is 0 Å². The van der Waals surface area contributed by atoms with Crippen LogP contribution in [0.5, 0.6) is 0 Å². The van der Waals surface area contributed by atoms with Gasteiger partial charge in [-0.25, -0.2) is 0 Å². The lowest BCUT2D eigenvalue weighted by molar-refractivity contribution is 0.660. The highest BCUT2D eigenvalue weighted by atomic mass is 14.4. The van der Waals surface area contributed by atoms with Crippen LogP contribution in [0.15, 0.2) is 182 Å². The van der Waals surface area contributed by atoms with E-state index in [2.05, 4.69) is 224 Å². The molecule has 0 amide bonds. The van der Waals surface area contributed by atoms with Crippen LogP contribution in [0, 0.1) is 0 Å². The maximum atomic E-state index is 2.51. The average molecular weight is 805 g/mol. The minimum absolute atomic E-state index is 0.0790. The Balaban J connectivity index is 1.07. The Morgan fingerprint density at radius 3 is 1.24 bits per heavy atom. The molecule has 0 aromatic heterocycles. The molecule has 10 aromatic carbocycles. The van der Waals surface area contributed by atoms with Gasteiger partial charge in [-0.1, -0.05) is 187 Å². The zero-order valence-electron chi connectivity index (χ0n) is 36.8. The average Bonchev–Trinajstić information content (AvgIpc) is 3.78. The van der Waals surface area contributed by atoms with E-state index in [1.54, 1.807) is 0 Å². The van der Waals surface area contributed by atoms with Gasteiger partial charge in [0.2, 0.25) is 0 Å². The fourth-order valence-corrected chi connectivity index (χ4v) is 12.3. The van der Waals surface area contributed by atoms with E-state index in [0.717, 1.165) is 0 Å². The maximum Gasteiger partial charge on any atom is 0.0159 e. The summed E-state index contributed by atoms with van der Waals surface area (Å²) < 4.78 is 0. The standard InChI is InChI=1S/C63H48/c1-61(2)53-21-13-11-17-43(53)45-27-24-41(35-56(45)61)59-47-19-9-10-20-48(47)60(42-25-28-46-44-18-12-14-22-54(44)62(3,4)57(46)36-42)52-33-39(23-29-49(52)59)40-26-30-55-50(32-40)51-31-37-15-7-8-16-38(37)34-58(51)63(55,5)6/h7-36H,1-6H3. The highest BCUT2D eigenvalue weighted by Crippen LogP contribution is 2.55. The summed E-state index contributed by atoms with van der Waals surface area (Å²) in [7, 11) is 0. The van der Waals surface area contributed by atoms with E-state index in [1.165, 1.54) is 132 Å². The van der Waals surface area contributed by atoms with Crippen molar-refractivity contribution in [3.63, 3.8) is 0 Å². The van der Waals surface area contributed by atoms with E-state index >= 15 is 0 Å². The molecule has 3 aliphatic rings. The van der Waals surface area contributed by atoms with Crippen LogP contribution in [0.4, 0.5) is 0 Å². The van der Waals surface area contributed by atoms with Crippen LogP contribution in [0.2, 0.25) is 0 Å². The molecule has 10 aromatic rings. The van der Waals surface area contributed by atoms with Gasteiger partial charge in [-0.15, -0.1) is 0 Å². The van der Waals surface area contributed by atoms with Crippen molar-refractivity contribution in [3.05, 3.63) is 215 Å². The Hall–Kier alpha value is -7.02. The minimum atomic E-state index is -0.104. The van der Waals surface area contributed by atoms with E-state index in [4.69, 9.17) is 0 Å². The summed E-state index contributed by atoms with van der Waals surface area (Å²) in [5, 5.41) is 7.72. The van der Waals surface area contributed by atoms with Gasteiger partial charge < -0.3 is 0 Å². The first-order valence-electron chi connectivity index (χ1n) is 22.7. The Labute approximate surface area is 370 Å². The smallest absolute Gasteiger partial charge is 0.0159 e. The van der Waals surface area contributed by atoms with Crippen LogP contribution in [0.25, 0.3) is 99.1 Å².